The highest BCUT2D eigenvalue weighted by Gasteiger charge is 2.33. The summed E-state index contributed by atoms with van der Waals surface area (Å²) in [5.41, 5.74) is 1.73. The average molecular weight is 550 g/mol. The van der Waals surface area contributed by atoms with E-state index in [-0.39, 0.29) is 12.5 Å². The number of carbonyl (C=O) groups is 2. The number of nitrogens with one attached hydrogen (secondary N) is 1. The molecule has 1 N–H and O–H groups in total. The molecule has 39 heavy (non-hydrogen) atoms. The monoisotopic (exact) mass is 549 g/mol. The Bertz CT molecular complexity index is 1360. The summed E-state index contributed by atoms with van der Waals surface area (Å²) in [6, 6.07) is 20.1. The Labute approximate surface area is 230 Å². The number of carbonyl (C=O) groups excluding carboxylic acids is 2. The molecule has 0 atom stereocenters. The molecular formula is C29H28FN3O5S. The first-order valence-corrected chi connectivity index (χ1v) is 13.1. The number of para-hydroxylation sites is 2. The van der Waals surface area contributed by atoms with Crippen LogP contribution in [0.5, 0.6) is 11.5 Å². The van der Waals surface area contributed by atoms with Gasteiger partial charge in [-0.2, -0.15) is 0 Å². The maximum absolute atomic E-state index is 13.4. The SMILES string of the molecule is CCOCCN1C(=O)/C(=C/c2cccc(OC)c2OCC(=O)Nc2ccc(F)cc2)SC1=Nc1ccccc1. The van der Waals surface area contributed by atoms with E-state index >= 15 is 0 Å². The molecule has 3 aromatic carbocycles. The summed E-state index contributed by atoms with van der Waals surface area (Å²) in [4.78, 5) is 32.6. The third-order valence-corrected chi connectivity index (χ3v) is 6.53. The molecule has 10 heteroatoms. The highest BCUT2D eigenvalue weighted by Crippen LogP contribution is 2.38. The maximum atomic E-state index is 13.4. The molecule has 1 fully saturated rings. The molecule has 202 valence electrons. The summed E-state index contributed by atoms with van der Waals surface area (Å²) in [5.74, 6) is -0.331. The van der Waals surface area contributed by atoms with E-state index < -0.39 is 11.7 Å². The molecule has 0 bridgehead atoms. The molecule has 0 unspecified atom stereocenters. The minimum Gasteiger partial charge on any atom is -0.493 e. The second-order valence-electron chi connectivity index (χ2n) is 8.22. The first-order valence-electron chi connectivity index (χ1n) is 12.3. The van der Waals surface area contributed by atoms with Crippen LogP contribution in [0.1, 0.15) is 12.5 Å². The van der Waals surface area contributed by atoms with Gasteiger partial charge in [0.2, 0.25) is 0 Å². The third-order valence-electron chi connectivity index (χ3n) is 5.52. The number of halogens is 1. The zero-order valence-corrected chi connectivity index (χ0v) is 22.4. The predicted octanol–water partition coefficient (Wildman–Crippen LogP) is 5.49. The molecule has 0 aromatic heterocycles. The lowest BCUT2D eigenvalue weighted by Crippen LogP contribution is -2.32. The summed E-state index contributed by atoms with van der Waals surface area (Å²) in [7, 11) is 1.49. The van der Waals surface area contributed by atoms with Gasteiger partial charge in [-0.1, -0.05) is 30.3 Å². The van der Waals surface area contributed by atoms with Crippen LogP contribution in [0.3, 0.4) is 0 Å². The first-order chi connectivity index (χ1) is 19.0. The predicted molar refractivity (Wildman–Crippen MR) is 151 cm³/mol. The van der Waals surface area contributed by atoms with E-state index in [1.807, 2.05) is 37.3 Å². The van der Waals surface area contributed by atoms with E-state index in [0.29, 0.717) is 52.6 Å². The Hall–Kier alpha value is -4.15. The molecule has 3 aromatic rings. The van der Waals surface area contributed by atoms with Crippen molar-refractivity contribution in [1.82, 2.24) is 4.90 Å². The fourth-order valence-corrected chi connectivity index (χ4v) is 4.69. The van der Waals surface area contributed by atoms with Crippen LogP contribution in [0.15, 0.2) is 82.7 Å². The van der Waals surface area contributed by atoms with Gasteiger partial charge in [-0.25, -0.2) is 9.38 Å². The Morgan fingerprint density at radius 3 is 2.56 bits per heavy atom. The number of amidine groups is 1. The van der Waals surface area contributed by atoms with Crippen LogP contribution in [0.4, 0.5) is 15.8 Å². The van der Waals surface area contributed by atoms with E-state index in [2.05, 4.69) is 10.3 Å². The summed E-state index contributed by atoms with van der Waals surface area (Å²) in [6.45, 7) is 2.85. The van der Waals surface area contributed by atoms with Gasteiger partial charge >= 0.3 is 0 Å². The number of amides is 2. The first kappa shape index (κ1) is 27.9. The molecule has 0 radical (unpaired) electrons. The number of thioether (sulfide) groups is 1. The second kappa shape index (κ2) is 13.6. The zero-order valence-electron chi connectivity index (χ0n) is 21.6. The Balaban J connectivity index is 1.57. The van der Waals surface area contributed by atoms with Crippen molar-refractivity contribution in [1.29, 1.82) is 0 Å². The van der Waals surface area contributed by atoms with Crippen molar-refractivity contribution in [3.8, 4) is 11.5 Å². The van der Waals surface area contributed by atoms with Gasteiger partial charge in [0.05, 0.1) is 30.9 Å². The zero-order chi connectivity index (χ0) is 27.6. The van der Waals surface area contributed by atoms with Gasteiger partial charge in [0.25, 0.3) is 11.8 Å². The second-order valence-corrected chi connectivity index (χ2v) is 9.23. The minimum absolute atomic E-state index is 0.211. The van der Waals surface area contributed by atoms with Crippen LogP contribution >= 0.6 is 11.8 Å². The van der Waals surface area contributed by atoms with Crippen molar-refractivity contribution in [3.05, 3.63) is 89.1 Å². The van der Waals surface area contributed by atoms with Crippen molar-refractivity contribution in [2.75, 3.05) is 38.8 Å². The standard InChI is InChI=1S/C29H28FN3O5S/c1-3-37-17-16-33-28(35)25(39-29(33)32-22-9-5-4-6-10-22)18-20-8-7-11-24(36-2)27(20)38-19-26(34)31-23-14-12-21(30)13-15-23/h4-15,18H,3,16-17,19H2,1-2H3,(H,31,34)/b25-18-,32-29?. The van der Waals surface area contributed by atoms with Crippen LogP contribution in [0, 0.1) is 5.82 Å². The van der Waals surface area contributed by atoms with E-state index in [1.54, 1.807) is 29.2 Å². The van der Waals surface area contributed by atoms with Crippen molar-refractivity contribution in [2.24, 2.45) is 4.99 Å². The fraction of sp³-hybridized carbons (Fsp3) is 0.207. The molecule has 0 aliphatic carbocycles. The van der Waals surface area contributed by atoms with Gasteiger partial charge in [0, 0.05) is 17.9 Å². The van der Waals surface area contributed by atoms with Crippen LogP contribution in [0.25, 0.3) is 6.08 Å². The van der Waals surface area contributed by atoms with Gasteiger partial charge in [0.15, 0.2) is 23.3 Å². The van der Waals surface area contributed by atoms with E-state index in [9.17, 15) is 14.0 Å². The van der Waals surface area contributed by atoms with Crippen LogP contribution in [-0.2, 0) is 14.3 Å². The molecule has 1 heterocycles. The topological polar surface area (TPSA) is 89.5 Å². The van der Waals surface area contributed by atoms with E-state index in [1.165, 1.54) is 43.1 Å². The molecule has 1 saturated heterocycles. The summed E-state index contributed by atoms with van der Waals surface area (Å²) >= 11 is 1.25. The largest absolute Gasteiger partial charge is 0.493 e. The van der Waals surface area contributed by atoms with Gasteiger partial charge in [-0.3, -0.25) is 14.5 Å². The number of anilines is 1. The molecule has 0 spiro atoms. The van der Waals surface area contributed by atoms with Crippen LogP contribution < -0.4 is 14.8 Å². The highest BCUT2D eigenvalue weighted by atomic mass is 32.2. The maximum Gasteiger partial charge on any atom is 0.266 e. The molecule has 1 aliphatic heterocycles. The molecular weight excluding hydrogens is 521 g/mol. The van der Waals surface area contributed by atoms with Crippen molar-refractivity contribution < 1.29 is 28.2 Å². The number of methoxy groups -OCH3 is 1. The summed E-state index contributed by atoms with van der Waals surface area (Å²) in [5, 5.41) is 3.20. The number of hydrogen-bond acceptors (Lipinski definition) is 7. The lowest BCUT2D eigenvalue weighted by atomic mass is 10.1. The quantitative estimate of drug-likeness (QED) is 0.251. The lowest BCUT2D eigenvalue weighted by molar-refractivity contribution is -0.122. The highest BCUT2D eigenvalue weighted by molar-refractivity contribution is 8.18. The van der Waals surface area contributed by atoms with Crippen molar-refractivity contribution in [2.45, 2.75) is 6.92 Å². The summed E-state index contributed by atoms with van der Waals surface area (Å²) < 4.78 is 29.9. The number of benzene rings is 3. The van der Waals surface area contributed by atoms with E-state index in [0.717, 1.165) is 5.69 Å². The van der Waals surface area contributed by atoms with Gasteiger partial charge < -0.3 is 19.5 Å². The number of aliphatic imine (C=N–C) groups is 1. The molecule has 1 aliphatic rings. The molecule has 4 rings (SSSR count). The molecule has 8 nitrogen and oxygen atoms in total. The average Bonchev–Trinajstić information content (AvgIpc) is 3.23. The van der Waals surface area contributed by atoms with Crippen molar-refractivity contribution >= 4 is 46.2 Å². The summed E-state index contributed by atoms with van der Waals surface area (Å²) in [6.07, 6.45) is 1.70. The Morgan fingerprint density at radius 1 is 1.08 bits per heavy atom. The lowest BCUT2D eigenvalue weighted by Gasteiger charge is -2.15. The minimum atomic E-state index is -0.434. The third kappa shape index (κ3) is 7.46. The number of rotatable bonds is 11. The number of hydrogen-bond donors (Lipinski definition) is 1. The number of ether oxygens (including phenoxy) is 3. The van der Waals surface area contributed by atoms with Crippen molar-refractivity contribution in [3.63, 3.8) is 0 Å². The molecule has 0 saturated carbocycles. The Morgan fingerprint density at radius 2 is 1.85 bits per heavy atom. The van der Waals surface area contributed by atoms with Crippen LogP contribution in [0.2, 0.25) is 0 Å². The van der Waals surface area contributed by atoms with Gasteiger partial charge in [-0.15, -0.1) is 0 Å². The fourth-order valence-electron chi connectivity index (χ4n) is 3.67. The Kier molecular flexibility index (Phi) is 9.71. The normalized spacial score (nSPS) is 15.2. The van der Waals surface area contributed by atoms with Crippen LogP contribution in [-0.4, -0.2) is 55.4 Å². The molecule has 2 amide bonds. The van der Waals surface area contributed by atoms with Gasteiger partial charge in [-0.05, 0) is 67.2 Å². The number of nitrogens with zero attached hydrogens (tertiary/aromatic N) is 2. The smallest absolute Gasteiger partial charge is 0.266 e. The van der Waals surface area contributed by atoms with Gasteiger partial charge in [0.1, 0.15) is 5.82 Å². The van der Waals surface area contributed by atoms with E-state index in [4.69, 9.17) is 14.2 Å².